The second-order valence-corrected chi connectivity index (χ2v) is 7.11. The van der Waals surface area contributed by atoms with Crippen LogP contribution < -0.4 is 20.9 Å². The number of carbonyl (C=O) groups excluding carboxylic acids is 3. The fourth-order valence-electron chi connectivity index (χ4n) is 2.78. The van der Waals surface area contributed by atoms with Crippen LogP contribution in [0, 0.1) is 6.92 Å². The van der Waals surface area contributed by atoms with Crippen LogP contribution in [0.3, 0.4) is 0 Å². The number of rotatable bonds is 8. The Morgan fingerprint density at radius 1 is 1.00 bits per heavy atom. The van der Waals surface area contributed by atoms with Gasteiger partial charge >= 0.3 is 0 Å². The van der Waals surface area contributed by atoms with Crippen LogP contribution in [0.25, 0.3) is 0 Å². The maximum absolute atomic E-state index is 12.4. The van der Waals surface area contributed by atoms with Crippen molar-refractivity contribution < 1.29 is 19.3 Å². The van der Waals surface area contributed by atoms with Gasteiger partial charge in [0.25, 0.3) is 17.7 Å². The summed E-state index contributed by atoms with van der Waals surface area (Å²) in [5, 5.41) is 8.71. The van der Waals surface area contributed by atoms with Gasteiger partial charge in [0.2, 0.25) is 0 Å². The molecule has 29 heavy (non-hydrogen) atoms. The number of anilines is 2. The number of hydrogen-bond acceptors (Lipinski definition) is 3. The lowest BCUT2D eigenvalue weighted by atomic mass is 10.2. The van der Waals surface area contributed by atoms with Crippen LogP contribution in [0.4, 0.5) is 11.4 Å². The van der Waals surface area contributed by atoms with Crippen molar-refractivity contribution in [3.8, 4) is 0 Å². The van der Waals surface area contributed by atoms with Gasteiger partial charge in [-0.25, -0.2) is 0 Å². The minimum absolute atomic E-state index is 0.128. The standard InChI is InChI=1S/C21H25ClN4O3/c1-4-26(13-20(28)25-18-11-16(22)9-8-14(18)2)12-19(27)24-17-7-5-6-15(10-17)21(29)23-3/h5-11H,4,12-13H2,1-3H3,(H,23,29)(H,24,27)(H,25,28)/p+1. The highest BCUT2D eigenvalue weighted by Gasteiger charge is 2.18. The van der Waals surface area contributed by atoms with Crippen LogP contribution in [0.5, 0.6) is 0 Å². The number of amides is 3. The van der Waals surface area contributed by atoms with Crippen molar-refractivity contribution in [2.45, 2.75) is 13.8 Å². The maximum atomic E-state index is 12.4. The summed E-state index contributed by atoms with van der Waals surface area (Å²) in [6.45, 7) is 4.67. The molecule has 0 saturated heterocycles. The van der Waals surface area contributed by atoms with E-state index in [-0.39, 0.29) is 30.8 Å². The first-order valence-electron chi connectivity index (χ1n) is 9.34. The van der Waals surface area contributed by atoms with Crippen molar-refractivity contribution in [2.75, 3.05) is 37.3 Å². The zero-order valence-electron chi connectivity index (χ0n) is 16.8. The molecule has 0 saturated carbocycles. The Bertz CT molecular complexity index is 901. The van der Waals surface area contributed by atoms with Gasteiger partial charge in [-0.1, -0.05) is 23.7 Å². The van der Waals surface area contributed by atoms with Crippen molar-refractivity contribution in [3.05, 3.63) is 58.6 Å². The van der Waals surface area contributed by atoms with Crippen molar-refractivity contribution in [1.29, 1.82) is 0 Å². The third-order valence-corrected chi connectivity index (χ3v) is 4.67. The van der Waals surface area contributed by atoms with Crippen LogP contribution in [-0.4, -0.2) is 44.4 Å². The monoisotopic (exact) mass is 417 g/mol. The molecule has 3 amide bonds. The molecule has 0 heterocycles. The summed E-state index contributed by atoms with van der Waals surface area (Å²) in [5.41, 5.74) is 2.56. The van der Waals surface area contributed by atoms with E-state index in [0.29, 0.717) is 28.5 Å². The zero-order valence-corrected chi connectivity index (χ0v) is 17.5. The van der Waals surface area contributed by atoms with E-state index in [0.717, 1.165) is 10.5 Å². The average molecular weight is 418 g/mol. The summed E-state index contributed by atoms with van der Waals surface area (Å²) in [4.78, 5) is 37.3. The maximum Gasteiger partial charge on any atom is 0.279 e. The highest BCUT2D eigenvalue weighted by atomic mass is 35.5. The molecule has 8 heteroatoms. The number of carbonyl (C=O) groups is 3. The Morgan fingerprint density at radius 3 is 2.34 bits per heavy atom. The number of nitrogens with one attached hydrogen (secondary N) is 4. The van der Waals surface area contributed by atoms with Gasteiger partial charge in [-0.05, 0) is 49.7 Å². The fraction of sp³-hybridized carbons (Fsp3) is 0.286. The molecule has 0 radical (unpaired) electrons. The molecule has 7 nitrogen and oxygen atoms in total. The molecule has 154 valence electrons. The normalized spacial score (nSPS) is 11.4. The van der Waals surface area contributed by atoms with Crippen LogP contribution >= 0.6 is 11.6 Å². The molecular formula is C21H26ClN4O3+. The first kappa shape index (κ1) is 22.4. The third kappa shape index (κ3) is 6.89. The summed E-state index contributed by atoms with van der Waals surface area (Å²) < 4.78 is 0. The van der Waals surface area contributed by atoms with Crippen molar-refractivity contribution in [3.63, 3.8) is 0 Å². The number of hydrogen-bond donors (Lipinski definition) is 4. The first-order valence-corrected chi connectivity index (χ1v) is 9.71. The second kappa shape index (κ2) is 10.6. The molecule has 0 aliphatic heterocycles. The van der Waals surface area contributed by atoms with Gasteiger partial charge in [-0.15, -0.1) is 0 Å². The third-order valence-electron chi connectivity index (χ3n) is 4.43. The van der Waals surface area contributed by atoms with Crippen LogP contribution in [-0.2, 0) is 9.59 Å². The van der Waals surface area contributed by atoms with E-state index in [1.807, 2.05) is 19.9 Å². The Balaban J connectivity index is 1.93. The van der Waals surface area contributed by atoms with E-state index >= 15 is 0 Å². The summed E-state index contributed by atoms with van der Waals surface area (Å²) in [7, 11) is 1.55. The molecule has 0 fully saturated rings. The number of likely N-dealkylation sites (N-methyl/N-ethyl adjacent to an activating group) is 1. The van der Waals surface area contributed by atoms with Gasteiger partial charge in [0.15, 0.2) is 13.1 Å². The highest BCUT2D eigenvalue weighted by Crippen LogP contribution is 2.19. The quantitative estimate of drug-likeness (QED) is 0.524. The summed E-state index contributed by atoms with van der Waals surface area (Å²) in [6, 6.07) is 12.0. The molecule has 0 spiro atoms. The number of halogens is 1. The average Bonchev–Trinajstić information content (AvgIpc) is 2.69. The lowest BCUT2D eigenvalue weighted by molar-refractivity contribution is -0.881. The summed E-state index contributed by atoms with van der Waals surface area (Å²) >= 11 is 5.98. The number of benzene rings is 2. The smallest absolute Gasteiger partial charge is 0.279 e. The molecule has 1 unspecified atom stereocenters. The minimum atomic E-state index is -0.234. The van der Waals surface area contributed by atoms with Crippen LogP contribution in [0.15, 0.2) is 42.5 Å². The molecule has 0 bridgehead atoms. The van der Waals surface area contributed by atoms with Crippen molar-refractivity contribution in [2.24, 2.45) is 0 Å². The van der Waals surface area contributed by atoms with E-state index in [2.05, 4.69) is 16.0 Å². The van der Waals surface area contributed by atoms with Crippen molar-refractivity contribution in [1.82, 2.24) is 5.32 Å². The van der Waals surface area contributed by atoms with Gasteiger partial charge in [0.1, 0.15) is 0 Å². The van der Waals surface area contributed by atoms with E-state index < -0.39 is 0 Å². The predicted molar refractivity (Wildman–Crippen MR) is 115 cm³/mol. The van der Waals surface area contributed by atoms with Gasteiger partial charge < -0.3 is 20.9 Å². The minimum Gasteiger partial charge on any atom is -0.355 e. The van der Waals surface area contributed by atoms with Crippen LogP contribution in [0.2, 0.25) is 5.02 Å². The molecule has 2 aromatic carbocycles. The van der Waals surface area contributed by atoms with Crippen LogP contribution in [0.1, 0.15) is 22.8 Å². The second-order valence-electron chi connectivity index (χ2n) is 6.67. The topological polar surface area (TPSA) is 91.7 Å². The Labute approximate surface area is 175 Å². The van der Waals surface area contributed by atoms with Gasteiger partial charge in [-0.2, -0.15) is 0 Å². The van der Waals surface area contributed by atoms with Gasteiger partial charge in [0.05, 0.1) is 6.54 Å². The number of quaternary nitrogens is 1. The Kier molecular flexibility index (Phi) is 8.18. The molecule has 1 atom stereocenters. The lowest BCUT2D eigenvalue weighted by Gasteiger charge is -2.17. The fourth-order valence-corrected chi connectivity index (χ4v) is 2.95. The van der Waals surface area contributed by atoms with E-state index in [1.54, 1.807) is 43.4 Å². The first-order chi connectivity index (χ1) is 13.8. The largest absolute Gasteiger partial charge is 0.355 e. The van der Waals surface area contributed by atoms with Gasteiger partial charge in [-0.3, -0.25) is 14.4 Å². The lowest BCUT2D eigenvalue weighted by Crippen LogP contribution is -3.13. The molecule has 0 aromatic heterocycles. The van der Waals surface area contributed by atoms with E-state index in [4.69, 9.17) is 11.6 Å². The summed E-state index contributed by atoms with van der Waals surface area (Å²) in [5.74, 6) is -0.654. The SMILES string of the molecule is CC[NH+](CC(=O)Nc1cccc(C(=O)NC)c1)CC(=O)Nc1cc(Cl)ccc1C. The summed E-state index contributed by atoms with van der Waals surface area (Å²) in [6.07, 6.45) is 0. The molecular weight excluding hydrogens is 392 g/mol. The molecule has 2 rings (SSSR count). The molecule has 0 aliphatic carbocycles. The van der Waals surface area contributed by atoms with E-state index in [9.17, 15) is 14.4 Å². The number of aryl methyl sites for hydroxylation is 1. The van der Waals surface area contributed by atoms with Crippen molar-refractivity contribution >= 4 is 40.7 Å². The zero-order chi connectivity index (χ0) is 21.4. The predicted octanol–water partition coefficient (Wildman–Crippen LogP) is 1.49. The molecule has 4 N–H and O–H groups in total. The molecule has 2 aromatic rings. The molecule has 0 aliphatic rings. The Hall–Kier alpha value is -2.90. The van der Waals surface area contributed by atoms with Gasteiger partial charge in [0, 0.05) is 29.0 Å². The highest BCUT2D eigenvalue weighted by molar-refractivity contribution is 6.31. The Morgan fingerprint density at radius 2 is 1.69 bits per heavy atom. The van der Waals surface area contributed by atoms with E-state index in [1.165, 1.54) is 0 Å².